The average molecular weight is 318 g/mol. The van der Waals surface area contributed by atoms with Gasteiger partial charge in [-0.1, -0.05) is 59.6 Å². The number of rotatable bonds is 4. The van der Waals surface area contributed by atoms with Gasteiger partial charge in [0.15, 0.2) is 0 Å². The predicted octanol–water partition coefficient (Wildman–Crippen LogP) is 5.79. The van der Waals surface area contributed by atoms with E-state index in [0.29, 0.717) is 15.7 Å². The summed E-state index contributed by atoms with van der Waals surface area (Å²) >= 11 is 12.5. The van der Waals surface area contributed by atoms with Crippen LogP contribution in [0.3, 0.4) is 0 Å². The monoisotopic (exact) mass is 317 g/mol. The van der Waals surface area contributed by atoms with E-state index < -0.39 is 0 Å². The second kappa shape index (κ2) is 6.25. The van der Waals surface area contributed by atoms with E-state index in [-0.39, 0.29) is 6.04 Å². The first-order valence-electron chi connectivity index (χ1n) is 6.54. The highest BCUT2D eigenvalue weighted by atomic mass is 35.5. The van der Waals surface area contributed by atoms with E-state index in [0.717, 1.165) is 11.3 Å². The predicted molar refractivity (Wildman–Crippen MR) is 87.1 cm³/mol. The van der Waals surface area contributed by atoms with Crippen LogP contribution < -0.4 is 5.32 Å². The summed E-state index contributed by atoms with van der Waals surface area (Å²) in [4.78, 5) is 0. The fraction of sp³-hybridized carbons (Fsp3) is 0.0588. The summed E-state index contributed by atoms with van der Waals surface area (Å²) in [6.07, 6.45) is 1.65. The van der Waals surface area contributed by atoms with Gasteiger partial charge in [-0.25, -0.2) is 0 Å². The van der Waals surface area contributed by atoms with Gasteiger partial charge >= 0.3 is 0 Å². The average Bonchev–Trinajstić information content (AvgIpc) is 3.02. The van der Waals surface area contributed by atoms with Crippen molar-refractivity contribution in [1.29, 1.82) is 0 Å². The fourth-order valence-electron chi connectivity index (χ4n) is 2.20. The molecule has 3 aromatic rings. The molecule has 0 aliphatic carbocycles. The summed E-state index contributed by atoms with van der Waals surface area (Å²) in [5.41, 5.74) is 1.77. The summed E-state index contributed by atoms with van der Waals surface area (Å²) in [6.45, 7) is 0. The van der Waals surface area contributed by atoms with Gasteiger partial charge in [-0.15, -0.1) is 0 Å². The number of para-hydroxylation sites is 1. The highest BCUT2D eigenvalue weighted by molar-refractivity contribution is 6.39. The first-order valence-corrected chi connectivity index (χ1v) is 7.30. The van der Waals surface area contributed by atoms with Crippen LogP contribution in [0.25, 0.3) is 0 Å². The van der Waals surface area contributed by atoms with Crippen LogP contribution in [0, 0.1) is 0 Å². The minimum absolute atomic E-state index is 0.154. The Morgan fingerprint density at radius 1 is 0.810 bits per heavy atom. The van der Waals surface area contributed by atoms with Crippen LogP contribution in [0.2, 0.25) is 10.0 Å². The molecule has 106 valence electrons. The van der Waals surface area contributed by atoms with Crippen molar-refractivity contribution in [2.75, 3.05) is 5.32 Å². The molecule has 1 aromatic heterocycles. The number of benzene rings is 2. The molecule has 4 heteroatoms. The molecular formula is C17H13Cl2NO. The largest absolute Gasteiger partial charge is 0.467 e. The molecule has 0 bridgehead atoms. The highest BCUT2D eigenvalue weighted by Gasteiger charge is 2.19. The van der Waals surface area contributed by atoms with E-state index in [1.165, 1.54) is 0 Å². The molecule has 0 spiro atoms. The number of nitrogens with one attached hydrogen (secondary N) is 1. The number of halogens is 2. The maximum atomic E-state index is 6.24. The quantitative estimate of drug-likeness (QED) is 0.659. The standard InChI is InChI=1S/C17H13Cl2NO/c18-13-8-4-9-14(19)17(13)20-16(15-10-5-11-21-15)12-6-2-1-3-7-12/h1-11,16,20H. The molecule has 1 atom stereocenters. The summed E-state index contributed by atoms with van der Waals surface area (Å²) < 4.78 is 5.55. The molecule has 0 fully saturated rings. The number of hydrogen-bond donors (Lipinski definition) is 1. The molecule has 0 aliphatic heterocycles. The minimum atomic E-state index is -0.154. The third-order valence-electron chi connectivity index (χ3n) is 3.21. The van der Waals surface area contributed by atoms with Crippen LogP contribution >= 0.6 is 23.2 Å². The minimum Gasteiger partial charge on any atom is -0.467 e. The van der Waals surface area contributed by atoms with Crippen LogP contribution in [-0.2, 0) is 0 Å². The Hall–Kier alpha value is -1.90. The lowest BCUT2D eigenvalue weighted by Crippen LogP contribution is -2.12. The SMILES string of the molecule is Clc1cccc(Cl)c1NC(c1ccccc1)c1ccco1. The van der Waals surface area contributed by atoms with E-state index >= 15 is 0 Å². The van der Waals surface area contributed by atoms with E-state index in [1.807, 2.05) is 48.5 Å². The number of furan rings is 1. The Labute approximate surface area is 133 Å². The lowest BCUT2D eigenvalue weighted by atomic mass is 10.0. The van der Waals surface area contributed by atoms with E-state index in [2.05, 4.69) is 5.32 Å². The zero-order valence-corrected chi connectivity index (χ0v) is 12.6. The summed E-state index contributed by atoms with van der Waals surface area (Å²) in [7, 11) is 0. The molecule has 0 saturated carbocycles. The van der Waals surface area contributed by atoms with Gasteiger partial charge in [0.1, 0.15) is 11.8 Å². The Bertz CT molecular complexity index is 691. The fourth-order valence-corrected chi connectivity index (χ4v) is 2.71. The number of hydrogen-bond acceptors (Lipinski definition) is 2. The maximum absolute atomic E-state index is 6.24. The first-order chi connectivity index (χ1) is 10.3. The van der Waals surface area contributed by atoms with Gasteiger partial charge in [0, 0.05) is 0 Å². The molecule has 21 heavy (non-hydrogen) atoms. The van der Waals surface area contributed by atoms with E-state index in [1.54, 1.807) is 18.4 Å². The molecule has 0 amide bonds. The molecule has 2 nitrogen and oxygen atoms in total. The van der Waals surface area contributed by atoms with Gasteiger partial charge < -0.3 is 9.73 Å². The summed E-state index contributed by atoms with van der Waals surface area (Å²) in [5, 5.41) is 4.53. The molecule has 1 N–H and O–H groups in total. The lowest BCUT2D eigenvalue weighted by Gasteiger charge is -2.20. The molecule has 2 aromatic carbocycles. The molecule has 0 saturated heterocycles. The molecule has 1 heterocycles. The van der Waals surface area contributed by atoms with Crippen molar-refractivity contribution >= 4 is 28.9 Å². The Morgan fingerprint density at radius 3 is 2.14 bits per heavy atom. The zero-order chi connectivity index (χ0) is 14.7. The van der Waals surface area contributed by atoms with Gasteiger partial charge in [0.2, 0.25) is 0 Å². The van der Waals surface area contributed by atoms with Gasteiger partial charge in [-0.05, 0) is 29.8 Å². The van der Waals surface area contributed by atoms with E-state index in [4.69, 9.17) is 27.6 Å². The van der Waals surface area contributed by atoms with Crippen molar-refractivity contribution in [3.63, 3.8) is 0 Å². The van der Waals surface area contributed by atoms with Crippen LogP contribution in [0.5, 0.6) is 0 Å². The zero-order valence-electron chi connectivity index (χ0n) is 11.1. The summed E-state index contributed by atoms with van der Waals surface area (Å²) in [6, 6.07) is 19.1. The van der Waals surface area contributed by atoms with E-state index in [9.17, 15) is 0 Å². The maximum Gasteiger partial charge on any atom is 0.130 e. The third kappa shape index (κ3) is 3.07. The molecule has 1 unspecified atom stereocenters. The normalized spacial score (nSPS) is 12.1. The van der Waals surface area contributed by atoms with Crippen molar-refractivity contribution in [2.45, 2.75) is 6.04 Å². The van der Waals surface area contributed by atoms with Crippen LogP contribution in [-0.4, -0.2) is 0 Å². The smallest absolute Gasteiger partial charge is 0.130 e. The van der Waals surface area contributed by atoms with Gasteiger partial charge in [0.05, 0.1) is 22.0 Å². The van der Waals surface area contributed by atoms with Crippen molar-refractivity contribution < 1.29 is 4.42 Å². The summed E-state index contributed by atoms with van der Waals surface area (Å²) in [5.74, 6) is 0.803. The highest BCUT2D eigenvalue weighted by Crippen LogP contribution is 2.35. The molecule has 0 radical (unpaired) electrons. The first kappa shape index (κ1) is 14.1. The lowest BCUT2D eigenvalue weighted by molar-refractivity contribution is 0.499. The van der Waals surface area contributed by atoms with Gasteiger partial charge in [-0.2, -0.15) is 0 Å². The second-order valence-corrected chi connectivity index (χ2v) is 5.41. The van der Waals surface area contributed by atoms with Crippen LogP contribution in [0.1, 0.15) is 17.4 Å². The van der Waals surface area contributed by atoms with Crippen LogP contribution in [0.15, 0.2) is 71.3 Å². The van der Waals surface area contributed by atoms with Gasteiger partial charge in [-0.3, -0.25) is 0 Å². The van der Waals surface area contributed by atoms with Crippen LogP contribution in [0.4, 0.5) is 5.69 Å². The molecule has 3 rings (SSSR count). The van der Waals surface area contributed by atoms with Gasteiger partial charge in [0.25, 0.3) is 0 Å². The Morgan fingerprint density at radius 2 is 1.52 bits per heavy atom. The Balaban J connectivity index is 2.01. The van der Waals surface area contributed by atoms with Crippen molar-refractivity contribution in [3.8, 4) is 0 Å². The topological polar surface area (TPSA) is 25.2 Å². The van der Waals surface area contributed by atoms with Crippen molar-refractivity contribution in [1.82, 2.24) is 0 Å². The Kier molecular flexibility index (Phi) is 4.18. The van der Waals surface area contributed by atoms with Crippen molar-refractivity contribution in [3.05, 3.63) is 88.3 Å². The third-order valence-corrected chi connectivity index (χ3v) is 3.84. The second-order valence-electron chi connectivity index (χ2n) is 4.60. The van der Waals surface area contributed by atoms with Crippen molar-refractivity contribution in [2.24, 2.45) is 0 Å². The molecular weight excluding hydrogens is 305 g/mol. The number of anilines is 1. The molecule has 0 aliphatic rings.